The van der Waals surface area contributed by atoms with E-state index in [0.717, 1.165) is 5.56 Å². The van der Waals surface area contributed by atoms with E-state index >= 15 is 0 Å². The van der Waals surface area contributed by atoms with Crippen molar-refractivity contribution in [2.45, 2.75) is 26.3 Å². The van der Waals surface area contributed by atoms with Crippen LogP contribution in [0.2, 0.25) is 0 Å². The number of hydrogen-bond acceptors (Lipinski definition) is 5. The van der Waals surface area contributed by atoms with Crippen LogP contribution in [-0.4, -0.2) is 37.8 Å². The molecule has 2 rings (SSSR count). The minimum absolute atomic E-state index is 0.169. The number of amides is 1. The number of thiazole rings is 1. The summed E-state index contributed by atoms with van der Waals surface area (Å²) < 4.78 is 1.65. The Morgan fingerprint density at radius 2 is 2.18 bits per heavy atom. The van der Waals surface area contributed by atoms with Crippen LogP contribution in [0.3, 0.4) is 0 Å². The molecule has 0 fully saturated rings. The summed E-state index contributed by atoms with van der Waals surface area (Å²) in [6, 6.07) is -0.906. The summed E-state index contributed by atoms with van der Waals surface area (Å²) in [5.74, 6) is -1.34. The Morgan fingerprint density at radius 3 is 2.73 bits per heavy atom. The molecule has 0 aromatic carbocycles. The molecule has 0 aliphatic carbocycles. The SMILES string of the molecule is CC(C)C[C@H](NC(=O)c1csc(-c2cnn(C)c2)n1)C(=O)O. The van der Waals surface area contributed by atoms with Crippen molar-refractivity contribution in [3.8, 4) is 10.6 Å². The lowest BCUT2D eigenvalue weighted by Gasteiger charge is -2.15. The minimum atomic E-state index is -1.04. The molecule has 7 nitrogen and oxygen atoms in total. The first-order valence-electron chi connectivity index (χ1n) is 6.85. The molecular weight excluding hydrogens is 304 g/mol. The molecule has 1 atom stereocenters. The van der Waals surface area contributed by atoms with E-state index < -0.39 is 17.9 Å². The number of aromatic nitrogens is 3. The molecule has 2 N–H and O–H groups in total. The zero-order valence-corrected chi connectivity index (χ0v) is 13.4. The maximum Gasteiger partial charge on any atom is 0.326 e. The highest BCUT2D eigenvalue weighted by molar-refractivity contribution is 7.13. The quantitative estimate of drug-likeness (QED) is 0.845. The maximum atomic E-state index is 12.1. The third-order valence-electron chi connectivity index (χ3n) is 3.00. The fourth-order valence-corrected chi connectivity index (χ4v) is 2.74. The standard InChI is InChI=1S/C14H18N4O3S/c1-8(2)4-10(14(20)21)16-12(19)11-7-22-13(17-11)9-5-15-18(3)6-9/h5-8,10H,4H2,1-3H3,(H,16,19)(H,20,21)/t10-/m0/s1. The molecule has 0 saturated carbocycles. The van der Waals surface area contributed by atoms with E-state index in [9.17, 15) is 9.59 Å². The van der Waals surface area contributed by atoms with E-state index in [2.05, 4.69) is 15.4 Å². The van der Waals surface area contributed by atoms with Crippen LogP contribution in [0.25, 0.3) is 10.6 Å². The van der Waals surface area contributed by atoms with Gasteiger partial charge in [-0.05, 0) is 12.3 Å². The molecule has 0 unspecified atom stereocenters. The fourth-order valence-electron chi connectivity index (χ4n) is 1.97. The first-order chi connectivity index (χ1) is 10.4. The van der Waals surface area contributed by atoms with Gasteiger partial charge in [0.2, 0.25) is 0 Å². The van der Waals surface area contributed by atoms with E-state index in [1.165, 1.54) is 11.3 Å². The van der Waals surface area contributed by atoms with Gasteiger partial charge in [-0.15, -0.1) is 11.3 Å². The third kappa shape index (κ3) is 3.91. The van der Waals surface area contributed by atoms with Gasteiger partial charge in [-0.25, -0.2) is 9.78 Å². The zero-order chi connectivity index (χ0) is 16.3. The highest BCUT2D eigenvalue weighted by Gasteiger charge is 2.23. The summed E-state index contributed by atoms with van der Waals surface area (Å²) in [4.78, 5) is 27.6. The Kier molecular flexibility index (Phi) is 4.92. The van der Waals surface area contributed by atoms with Crippen LogP contribution in [0, 0.1) is 5.92 Å². The van der Waals surface area contributed by atoms with Crippen molar-refractivity contribution in [2.24, 2.45) is 13.0 Å². The molecule has 2 aromatic heterocycles. The predicted molar refractivity (Wildman–Crippen MR) is 82.7 cm³/mol. The van der Waals surface area contributed by atoms with Crippen LogP contribution in [0.5, 0.6) is 0 Å². The molecular formula is C14H18N4O3S. The number of hydrogen-bond donors (Lipinski definition) is 2. The van der Waals surface area contributed by atoms with Crippen molar-refractivity contribution >= 4 is 23.2 Å². The van der Waals surface area contributed by atoms with Crippen LogP contribution >= 0.6 is 11.3 Å². The van der Waals surface area contributed by atoms with Gasteiger partial charge in [0.05, 0.1) is 6.20 Å². The van der Waals surface area contributed by atoms with Crippen LogP contribution in [0.4, 0.5) is 0 Å². The summed E-state index contributed by atoms with van der Waals surface area (Å²) in [6.07, 6.45) is 3.85. The number of aryl methyl sites for hydroxylation is 1. The van der Waals surface area contributed by atoms with E-state index in [-0.39, 0.29) is 11.6 Å². The molecule has 2 aromatic rings. The fraction of sp³-hybridized carbons (Fsp3) is 0.429. The second-order valence-electron chi connectivity index (χ2n) is 5.43. The molecule has 22 heavy (non-hydrogen) atoms. The van der Waals surface area contributed by atoms with Gasteiger partial charge in [-0.3, -0.25) is 9.48 Å². The molecule has 118 valence electrons. The third-order valence-corrected chi connectivity index (χ3v) is 3.89. The largest absolute Gasteiger partial charge is 0.480 e. The van der Waals surface area contributed by atoms with Crippen molar-refractivity contribution in [3.63, 3.8) is 0 Å². The Bertz CT molecular complexity index is 677. The Labute approximate surface area is 132 Å². The summed E-state index contributed by atoms with van der Waals surface area (Å²) in [6.45, 7) is 3.82. The average molecular weight is 322 g/mol. The van der Waals surface area contributed by atoms with Crippen molar-refractivity contribution in [1.29, 1.82) is 0 Å². The van der Waals surface area contributed by atoms with E-state index in [1.807, 2.05) is 13.8 Å². The number of carbonyl (C=O) groups excluding carboxylic acids is 1. The summed E-state index contributed by atoms with van der Waals surface area (Å²) in [5.41, 5.74) is 1.04. The van der Waals surface area contributed by atoms with Gasteiger partial charge in [0, 0.05) is 24.2 Å². The first-order valence-corrected chi connectivity index (χ1v) is 7.73. The summed E-state index contributed by atoms with van der Waals surface area (Å²) in [5, 5.41) is 18.0. The highest BCUT2D eigenvalue weighted by Crippen LogP contribution is 2.23. The molecule has 0 saturated heterocycles. The van der Waals surface area contributed by atoms with E-state index in [1.54, 1.807) is 29.5 Å². The second kappa shape index (κ2) is 6.69. The number of nitrogens with zero attached hydrogens (tertiary/aromatic N) is 3. The van der Waals surface area contributed by atoms with Gasteiger partial charge in [-0.2, -0.15) is 5.10 Å². The zero-order valence-electron chi connectivity index (χ0n) is 12.6. The van der Waals surface area contributed by atoms with Crippen molar-refractivity contribution in [2.75, 3.05) is 0 Å². The lowest BCUT2D eigenvalue weighted by molar-refractivity contribution is -0.139. The average Bonchev–Trinajstić information content (AvgIpc) is 3.05. The van der Waals surface area contributed by atoms with Gasteiger partial charge in [0.25, 0.3) is 5.91 Å². The van der Waals surface area contributed by atoms with Crippen molar-refractivity contribution < 1.29 is 14.7 Å². The van der Waals surface area contributed by atoms with E-state index in [4.69, 9.17) is 5.11 Å². The lowest BCUT2D eigenvalue weighted by Crippen LogP contribution is -2.41. The Hall–Kier alpha value is -2.22. The monoisotopic (exact) mass is 322 g/mol. The molecule has 0 bridgehead atoms. The molecule has 0 aliphatic heterocycles. The summed E-state index contributed by atoms with van der Waals surface area (Å²) in [7, 11) is 1.80. The number of rotatable bonds is 6. The van der Waals surface area contributed by atoms with Crippen molar-refractivity contribution in [1.82, 2.24) is 20.1 Å². The van der Waals surface area contributed by atoms with Crippen LogP contribution < -0.4 is 5.32 Å². The molecule has 0 radical (unpaired) electrons. The highest BCUT2D eigenvalue weighted by atomic mass is 32.1. The topological polar surface area (TPSA) is 97.1 Å². The van der Waals surface area contributed by atoms with Gasteiger partial charge in [0.1, 0.15) is 16.7 Å². The van der Waals surface area contributed by atoms with Gasteiger partial charge >= 0.3 is 5.97 Å². The molecule has 1 amide bonds. The number of carboxylic acid groups (broad SMARTS) is 1. The maximum absolute atomic E-state index is 12.1. The number of nitrogens with one attached hydrogen (secondary N) is 1. The smallest absolute Gasteiger partial charge is 0.326 e. The van der Waals surface area contributed by atoms with Crippen LogP contribution in [0.15, 0.2) is 17.8 Å². The second-order valence-corrected chi connectivity index (χ2v) is 6.29. The molecule has 2 heterocycles. The minimum Gasteiger partial charge on any atom is -0.480 e. The number of carbonyl (C=O) groups is 2. The normalized spacial score (nSPS) is 12.4. The molecule has 0 aliphatic rings. The molecule has 8 heteroatoms. The van der Waals surface area contributed by atoms with Crippen LogP contribution in [-0.2, 0) is 11.8 Å². The van der Waals surface area contributed by atoms with Gasteiger partial charge < -0.3 is 10.4 Å². The predicted octanol–water partition coefficient (Wildman–Crippen LogP) is 1.77. The van der Waals surface area contributed by atoms with Crippen molar-refractivity contribution in [3.05, 3.63) is 23.5 Å². The molecule has 0 spiro atoms. The number of aliphatic carboxylic acids is 1. The van der Waals surface area contributed by atoms with Gasteiger partial charge in [0.15, 0.2) is 0 Å². The Balaban J connectivity index is 2.09. The number of carboxylic acids is 1. The lowest BCUT2D eigenvalue weighted by atomic mass is 10.0. The summed E-state index contributed by atoms with van der Waals surface area (Å²) >= 11 is 1.32. The van der Waals surface area contributed by atoms with E-state index in [0.29, 0.717) is 11.4 Å². The first kappa shape index (κ1) is 16.2. The Morgan fingerprint density at radius 1 is 1.45 bits per heavy atom. The van der Waals surface area contributed by atoms with Crippen LogP contribution in [0.1, 0.15) is 30.8 Å². The van der Waals surface area contributed by atoms with Gasteiger partial charge in [-0.1, -0.05) is 13.8 Å².